The number of β-amino-alcohol motifs (C(OH)–C–C–N with tert-alkyl or cyclic N) is 1. The average Bonchev–Trinajstić information content (AvgIpc) is 2.86. The zero-order chi connectivity index (χ0) is 21.9. The number of benzene rings is 1. The van der Waals surface area contributed by atoms with Gasteiger partial charge in [-0.1, -0.05) is 30.3 Å². The molecule has 0 spiro atoms. The molecule has 0 radical (unpaired) electrons. The summed E-state index contributed by atoms with van der Waals surface area (Å²) in [6.45, 7) is 0.867. The third kappa shape index (κ3) is 5.12. The van der Waals surface area contributed by atoms with Gasteiger partial charge in [-0.15, -0.1) is 24.8 Å². The van der Waals surface area contributed by atoms with Crippen LogP contribution in [0.4, 0.5) is 5.95 Å². The van der Waals surface area contributed by atoms with E-state index < -0.39 is 6.10 Å². The van der Waals surface area contributed by atoms with Crippen molar-refractivity contribution in [1.29, 1.82) is 0 Å². The molecule has 0 fully saturated rings. The quantitative estimate of drug-likeness (QED) is 0.444. The Morgan fingerprint density at radius 2 is 1.59 bits per heavy atom. The van der Waals surface area contributed by atoms with Crippen LogP contribution in [0.5, 0.6) is 0 Å². The molecule has 1 aliphatic heterocycles. The highest BCUT2D eigenvalue weighted by Crippen LogP contribution is 2.35. The summed E-state index contributed by atoms with van der Waals surface area (Å²) in [4.78, 5) is 28.1. The van der Waals surface area contributed by atoms with Crippen LogP contribution in [0.2, 0.25) is 0 Å². The molecule has 7 nitrogen and oxygen atoms in total. The number of pyridine rings is 2. The summed E-state index contributed by atoms with van der Waals surface area (Å²) in [6.07, 6.45) is 6.91. The Morgan fingerprint density at radius 3 is 2.26 bits per heavy atom. The van der Waals surface area contributed by atoms with Crippen LogP contribution >= 0.6 is 24.8 Å². The maximum Gasteiger partial charge on any atom is 0.255 e. The molecule has 0 saturated carbocycles. The smallest absolute Gasteiger partial charge is 0.255 e. The summed E-state index contributed by atoms with van der Waals surface area (Å²) in [7, 11) is 0. The van der Waals surface area contributed by atoms with Crippen molar-refractivity contribution in [3.05, 3.63) is 107 Å². The normalized spacial score (nSPS) is 15.4. The Morgan fingerprint density at radius 1 is 0.941 bits per heavy atom. The molecule has 2 unspecified atom stereocenters. The number of aromatic nitrogens is 4. The highest BCUT2D eigenvalue weighted by molar-refractivity contribution is 5.85. The van der Waals surface area contributed by atoms with Gasteiger partial charge < -0.3 is 10.0 Å². The first-order chi connectivity index (χ1) is 15.7. The van der Waals surface area contributed by atoms with Crippen molar-refractivity contribution >= 4 is 30.8 Å². The topological polar surface area (TPSA) is 84.1 Å². The van der Waals surface area contributed by atoms with Crippen LogP contribution in [0.1, 0.15) is 29.7 Å². The fraction of sp³-hybridized carbons (Fsp3) is 0.200. The van der Waals surface area contributed by atoms with E-state index in [0.717, 1.165) is 23.1 Å². The largest absolute Gasteiger partial charge is 0.387 e. The van der Waals surface area contributed by atoms with E-state index in [1.54, 1.807) is 35.4 Å². The number of fused-ring (bicyclic) bond motifs is 1. The minimum absolute atomic E-state index is 0. The molecule has 5 rings (SSSR count). The van der Waals surface area contributed by atoms with Gasteiger partial charge in [-0.05, 0) is 41.8 Å². The number of anilines is 1. The van der Waals surface area contributed by atoms with E-state index in [2.05, 4.69) is 9.97 Å². The van der Waals surface area contributed by atoms with Gasteiger partial charge in [0.1, 0.15) is 0 Å². The van der Waals surface area contributed by atoms with Gasteiger partial charge in [0.15, 0.2) is 0 Å². The lowest BCUT2D eigenvalue weighted by atomic mass is 10.00. The monoisotopic (exact) mass is 497 g/mol. The number of rotatable bonds is 5. The standard InChI is InChI=1S/C25H23N5O2.2ClH/c31-23(20-4-2-1-3-5-20)17-30-22(19-8-13-27-14-9-19)10-15-29-24(32)16-21(28-25(29)30)18-6-11-26-12-7-18;;/h1-9,11-14,16,22-23,31H,10,15,17H2;2*1H. The number of hydrogen-bond donors (Lipinski definition) is 1. The van der Waals surface area contributed by atoms with Crippen molar-refractivity contribution in [2.24, 2.45) is 0 Å². The molecule has 0 bridgehead atoms. The summed E-state index contributed by atoms with van der Waals surface area (Å²) in [5.74, 6) is 0.562. The molecular formula is C25H25Cl2N5O2. The van der Waals surface area contributed by atoms with Crippen LogP contribution in [0.15, 0.2) is 90.2 Å². The van der Waals surface area contributed by atoms with E-state index in [9.17, 15) is 9.90 Å². The molecule has 4 heterocycles. The van der Waals surface area contributed by atoms with Crippen molar-refractivity contribution in [2.75, 3.05) is 11.4 Å². The van der Waals surface area contributed by atoms with Gasteiger partial charge in [0.25, 0.3) is 5.56 Å². The molecule has 0 amide bonds. The fourth-order valence-corrected chi connectivity index (χ4v) is 4.25. The Labute approximate surface area is 210 Å². The Kier molecular flexibility index (Phi) is 8.39. The first kappa shape index (κ1) is 25.4. The minimum atomic E-state index is -0.728. The molecule has 176 valence electrons. The second-order valence-electron chi connectivity index (χ2n) is 7.83. The van der Waals surface area contributed by atoms with Gasteiger partial charge in [-0.25, -0.2) is 4.98 Å². The van der Waals surface area contributed by atoms with E-state index in [1.165, 1.54) is 0 Å². The van der Waals surface area contributed by atoms with Crippen LogP contribution in [-0.2, 0) is 6.54 Å². The molecule has 1 aromatic carbocycles. The summed E-state index contributed by atoms with van der Waals surface area (Å²) in [6, 6.07) is 18.7. The molecule has 1 aliphatic rings. The van der Waals surface area contributed by atoms with Crippen molar-refractivity contribution in [3.63, 3.8) is 0 Å². The first-order valence-electron chi connectivity index (χ1n) is 10.6. The summed E-state index contributed by atoms with van der Waals surface area (Å²) >= 11 is 0. The lowest BCUT2D eigenvalue weighted by Gasteiger charge is -2.39. The second kappa shape index (κ2) is 11.2. The predicted octanol–water partition coefficient (Wildman–Crippen LogP) is 4.23. The molecule has 2 atom stereocenters. The average molecular weight is 498 g/mol. The van der Waals surface area contributed by atoms with Gasteiger partial charge in [0, 0.05) is 43.0 Å². The zero-order valence-electron chi connectivity index (χ0n) is 18.3. The molecule has 34 heavy (non-hydrogen) atoms. The maximum atomic E-state index is 13.0. The highest BCUT2D eigenvalue weighted by Gasteiger charge is 2.31. The van der Waals surface area contributed by atoms with Crippen molar-refractivity contribution in [2.45, 2.75) is 25.1 Å². The number of hydrogen-bond acceptors (Lipinski definition) is 6. The molecule has 0 saturated heterocycles. The van der Waals surface area contributed by atoms with Gasteiger partial charge in [0.2, 0.25) is 5.95 Å². The molecule has 9 heteroatoms. The van der Waals surface area contributed by atoms with Crippen LogP contribution in [0.3, 0.4) is 0 Å². The van der Waals surface area contributed by atoms with E-state index in [1.807, 2.05) is 59.5 Å². The van der Waals surface area contributed by atoms with E-state index in [-0.39, 0.29) is 36.4 Å². The second-order valence-corrected chi connectivity index (χ2v) is 7.83. The van der Waals surface area contributed by atoms with Crippen LogP contribution in [-0.4, -0.2) is 31.2 Å². The van der Waals surface area contributed by atoms with Crippen LogP contribution in [0.25, 0.3) is 11.3 Å². The molecule has 1 N–H and O–H groups in total. The van der Waals surface area contributed by atoms with Crippen molar-refractivity contribution in [1.82, 2.24) is 19.5 Å². The summed E-state index contributed by atoms with van der Waals surface area (Å²) in [5.41, 5.74) is 3.23. The lowest BCUT2D eigenvalue weighted by Crippen LogP contribution is -2.42. The summed E-state index contributed by atoms with van der Waals surface area (Å²) in [5, 5.41) is 11.0. The Hall–Kier alpha value is -3.26. The zero-order valence-corrected chi connectivity index (χ0v) is 19.9. The number of aliphatic hydroxyl groups excluding tert-OH is 1. The maximum absolute atomic E-state index is 13.0. The van der Waals surface area contributed by atoms with E-state index in [4.69, 9.17) is 4.98 Å². The van der Waals surface area contributed by atoms with Gasteiger partial charge in [0.05, 0.1) is 24.4 Å². The number of aliphatic hydroxyl groups is 1. The summed E-state index contributed by atoms with van der Waals surface area (Å²) < 4.78 is 1.69. The number of halogens is 2. The number of nitrogens with zero attached hydrogens (tertiary/aromatic N) is 5. The Bertz CT molecular complexity index is 1260. The molecule has 3 aromatic heterocycles. The van der Waals surface area contributed by atoms with Gasteiger partial charge >= 0.3 is 0 Å². The Balaban J connectivity index is 0.00000162. The van der Waals surface area contributed by atoms with Crippen LogP contribution < -0.4 is 10.5 Å². The van der Waals surface area contributed by atoms with Gasteiger partial charge in [-0.3, -0.25) is 19.3 Å². The minimum Gasteiger partial charge on any atom is -0.387 e. The SMILES string of the molecule is Cl.Cl.O=c1cc(-c2ccncc2)nc2n1CCC(c1ccncc1)N2CC(O)c1ccccc1. The highest BCUT2D eigenvalue weighted by atomic mass is 35.5. The van der Waals surface area contributed by atoms with Gasteiger partial charge in [-0.2, -0.15) is 0 Å². The fourth-order valence-electron chi connectivity index (χ4n) is 4.25. The van der Waals surface area contributed by atoms with E-state index >= 15 is 0 Å². The molecule has 4 aromatic rings. The van der Waals surface area contributed by atoms with Crippen LogP contribution in [0, 0.1) is 0 Å². The lowest BCUT2D eigenvalue weighted by molar-refractivity contribution is 0.176. The molecular weight excluding hydrogens is 473 g/mol. The van der Waals surface area contributed by atoms with E-state index in [0.29, 0.717) is 24.7 Å². The van der Waals surface area contributed by atoms with Crippen molar-refractivity contribution < 1.29 is 5.11 Å². The third-order valence-corrected chi connectivity index (χ3v) is 5.87. The van der Waals surface area contributed by atoms with Crippen molar-refractivity contribution in [3.8, 4) is 11.3 Å². The first-order valence-corrected chi connectivity index (χ1v) is 10.6. The molecule has 0 aliphatic carbocycles. The third-order valence-electron chi connectivity index (χ3n) is 5.87. The predicted molar refractivity (Wildman–Crippen MR) is 137 cm³/mol.